The molecule has 1 heterocycles. The Hall–Kier alpha value is -2.14. The third-order valence-electron chi connectivity index (χ3n) is 2.28. The van der Waals surface area contributed by atoms with E-state index in [-0.39, 0.29) is 0 Å². The Kier molecular flexibility index (Phi) is 6.32. The molecule has 2 aromatic rings. The molecule has 0 aliphatic heterocycles. The van der Waals surface area contributed by atoms with E-state index in [0.29, 0.717) is 24.9 Å². The van der Waals surface area contributed by atoms with Gasteiger partial charge in [0.25, 0.3) is 0 Å². The standard InChI is InChI=1S/C8H10.C6H11N5/c1-7-4-3-5-8(2)6-7;7-2-4-10-6-9-3-1-5(8)11-6/h3-6H,1-2H3;1,3H,2,4,7H2,(H3,8,9,10,11). The molecule has 0 bridgehead atoms. The van der Waals surface area contributed by atoms with Gasteiger partial charge < -0.3 is 16.8 Å². The minimum atomic E-state index is 0.458. The van der Waals surface area contributed by atoms with Crippen LogP contribution in [0.25, 0.3) is 0 Å². The van der Waals surface area contributed by atoms with E-state index in [9.17, 15) is 0 Å². The van der Waals surface area contributed by atoms with Gasteiger partial charge in [-0.3, -0.25) is 0 Å². The Morgan fingerprint density at radius 1 is 1.16 bits per heavy atom. The highest BCUT2D eigenvalue weighted by Crippen LogP contribution is 2.00. The van der Waals surface area contributed by atoms with Crippen molar-refractivity contribution in [1.82, 2.24) is 9.97 Å². The van der Waals surface area contributed by atoms with Crippen molar-refractivity contribution in [3.05, 3.63) is 47.7 Å². The number of nitrogen functional groups attached to an aromatic ring is 1. The molecule has 2 rings (SSSR count). The van der Waals surface area contributed by atoms with Gasteiger partial charge in [-0.1, -0.05) is 35.4 Å². The van der Waals surface area contributed by atoms with Crippen LogP contribution in [0.5, 0.6) is 0 Å². The van der Waals surface area contributed by atoms with E-state index in [4.69, 9.17) is 11.5 Å². The summed E-state index contributed by atoms with van der Waals surface area (Å²) in [4.78, 5) is 7.83. The maximum atomic E-state index is 5.41. The summed E-state index contributed by atoms with van der Waals surface area (Å²) in [5.41, 5.74) is 13.3. The quantitative estimate of drug-likeness (QED) is 0.781. The van der Waals surface area contributed by atoms with Gasteiger partial charge in [-0.05, 0) is 19.9 Å². The molecule has 5 nitrogen and oxygen atoms in total. The van der Waals surface area contributed by atoms with Crippen molar-refractivity contribution in [2.75, 3.05) is 24.1 Å². The van der Waals surface area contributed by atoms with Gasteiger partial charge in [0.2, 0.25) is 5.95 Å². The van der Waals surface area contributed by atoms with Crippen LogP contribution < -0.4 is 16.8 Å². The van der Waals surface area contributed by atoms with Crippen LogP contribution in [0.2, 0.25) is 0 Å². The van der Waals surface area contributed by atoms with Crippen molar-refractivity contribution in [2.45, 2.75) is 13.8 Å². The molecule has 1 aromatic heterocycles. The SMILES string of the molecule is Cc1cccc(C)c1.NCCNc1nccc(N)n1. The number of nitrogens with zero attached hydrogens (tertiary/aromatic N) is 2. The molecule has 0 amide bonds. The fourth-order valence-corrected chi connectivity index (χ4v) is 1.45. The second-order valence-electron chi connectivity index (χ2n) is 4.18. The van der Waals surface area contributed by atoms with Crippen LogP contribution in [0.1, 0.15) is 11.1 Å². The maximum Gasteiger partial charge on any atom is 0.224 e. The molecule has 0 saturated heterocycles. The molecule has 0 atom stereocenters. The average Bonchev–Trinajstić information content (AvgIpc) is 2.37. The van der Waals surface area contributed by atoms with Gasteiger partial charge in [-0.15, -0.1) is 0 Å². The van der Waals surface area contributed by atoms with Crippen molar-refractivity contribution in [1.29, 1.82) is 0 Å². The highest BCUT2D eigenvalue weighted by molar-refractivity contribution is 5.34. The number of aryl methyl sites for hydroxylation is 2. The van der Waals surface area contributed by atoms with E-state index in [1.165, 1.54) is 11.1 Å². The lowest BCUT2D eigenvalue weighted by Gasteiger charge is -2.01. The summed E-state index contributed by atoms with van der Waals surface area (Å²) in [5.74, 6) is 0.981. The van der Waals surface area contributed by atoms with E-state index in [1.54, 1.807) is 12.3 Å². The number of hydrogen-bond donors (Lipinski definition) is 3. The fraction of sp³-hybridized carbons (Fsp3) is 0.286. The molecule has 1 aromatic carbocycles. The van der Waals surface area contributed by atoms with Crippen LogP contribution in [-0.2, 0) is 0 Å². The second kappa shape index (κ2) is 8.05. The number of nitrogens with one attached hydrogen (secondary N) is 1. The summed E-state index contributed by atoms with van der Waals surface area (Å²) in [6.45, 7) is 5.42. The Morgan fingerprint density at radius 2 is 1.84 bits per heavy atom. The van der Waals surface area contributed by atoms with E-state index in [0.717, 1.165) is 0 Å². The highest BCUT2D eigenvalue weighted by Gasteiger charge is 1.92. The smallest absolute Gasteiger partial charge is 0.224 e. The molecule has 0 unspecified atom stereocenters. The number of anilines is 2. The Labute approximate surface area is 114 Å². The molecule has 5 heteroatoms. The summed E-state index contributed by atoms with van der Waals surface area (Å²) >= 11 is 0. The van der Waals surface area contributed by atoms with Gasteiger partial charge >= 0.3 is 0 Å². The third kappa shape index (κ3) is 6.38. The highest BCUT2D eigenvalue weighted by atomic mass is 15.1. The summed E-state index contributed by atoms with van der Waals surface area (Å²) in [7, 11) is 0. The van der Waals surface area contributed by atoms with Gasteiger partial charge in [-0.2, -0.15) is 4.98 Å². The van der Waals surface area contributed by atoms with Crippen molar-refractivity contribution >= 4 is 11.8 Å². The minimum Gasteiger partial charge on any atom is -0.384 e. The normalized spacial score (nSPS) is 9.42. The average molecular weight is 259 g/mol. The molecule has 0 radical (unpaired) electrons. The summed E-state index contributed by atoms with van der Waals surface area (Å²) in [6, 6.07) is 10.1. The van der Waals surface area contributed by atoms with Gasteiger partial charge in [-0.25, -0.2) is 4.98 Å². The first kappa shape index (κ1) is 14.9. The van der Waals surface area contributed by atoms with Crippen LogP contribution in [0.3, 0.4) is 0 Å². The van der Waals surface area contributed by atoms with Gasteiger partial charge in [0.15, 0.2) is 0 Å². The summed E-state index contributed by atoms with van der Waals surface area (Å²) in [5, 5.41) is 2.91. The van der Waals surface area contributed by atoms with Crippen molar-refractivity contribution < 1.29 is 0 Å². The van der Waals surface area contributed by atoms with E-state index < -0.39 is 0 Å². The van der Waals surface area contributed by atoms with Gasteiger partial charge in [0, 0.05) is 19.3 Å². The molecule has 0 aliphatic carbocycles. The van der Waals surface area contributed by atoms with Crippen LogP contribution in [0.4, 0.5) is 11.8 Å². The number of aromatic nitrogens is 2. The first-order valence-corrected chi connectivity index (χ1v) is 6.17. The van der Waals surface area contributed by atoms with Crippen LogP contribution in [0, 0.1) is 13.8 Å². The van der Waals surface area contributed by atoms with E-state index in [2.05, 4.69) is 53.4 Å². The van der Waals surface area contributed by atoms with Crippen LogP contribution >= 0.6 is 0 Å². The number of nitrogens with two attached hydrogens (primary N) is 2. The second-order valence-corrected chi connectivity index (χ2v) is 4.18. The van der Waals surface area contributed by atoms with Crippen molar-refractivity contribution in [2.24, 2.45) is 5.73 Å². The molecule has 102 valence electrons. The molecule has 0 spiro atoms. The third-order valence-corrected chi connectivity index (χ3v) is 2.28. The zero-order valence-corrected chi connectivity index (χ0v) is 11.4. The van der Waals surface area contributed by atoms with Crippen molar-refractivity contribution in [3.8, 4) is 0 Å². The van der Waals surface area contributed by atoms with Crippen molar-refractivity contribution in [3.63, 3.8) is 0 Å². The first-order valence-electron chi connectivity index (χ1n) is 6.17. The first-order chi connectivity index (χ1) is 9.11. The summed E-state index contributed by atoms with van der Waals surface area (Å²) < 4.78 is 0. The zero-order valence-electron chi connectivity index (χ0n) is 11.4. The lowest BCUT2D eigenvalue weighted by Crippen LogP contribution is -2.14. The largest absolute Gasteiger partial charge is 0.384 e. The zero-order chi connectivity index (χ0) is 14.1. The molecular weight excluding hydrogens is 238 g/mol. The molecule has 0 saturated carbocycles. The van der Waals surface area contributed by atoms with Gasteiger partial charge in [0.1, 0.15) is 5.82 Å². The topological polar surface area (TPSA) is 89.8 Å². The fourth-order valence-electron chi connectivity index (χ4n) is 1.45. The lowest BCUT2D eigenvalue weighted by atomic mass is 10.2. The monoisotopic (exact) mass is 259 g/mol. The maximum absolute atomic E-state index is 5.41. The molecule has 19 heavy (non-hydrogen) atoms. The molecule has 0 aliphatic rings. The number of benzene rings is 1. The predicted octanol–water partition coefficient (Wildman–Crippen LogP) is 1.73. The Balaban J connectivity index is 0.000000200. The molecular formula is C14H21N5. The minimum absolute atomic E-state index is 0.458. The van der Waals surface area contributed by atoms with Gasteiger partial charge in [0.05, 0.1) is 0 Å². The van der Waals surface area contributed by atoms with Crippen LogP contribution in [-0.4, -0.2) is 23.1 Å². The summed E-state index contributed by atoms with van der Waals surface area (Å²) in [6.07, 6.45) is 1.60. The Bertz CT molecular complexity index is 481. The molecule has 5 N–H and O–H groups in total. The van der Waals surface area contributed by atoms with Crippen LogP contribution in [0.15, 0.2) is 36.5 Å². The lowest BCUT2D eigenvalue weighted by molar-refractivity contribution is 0.991. The van der Waals surface area contributed by atoms with E-state index in [1.807, 2.05) is 0 Å². The van der Waals surface area contributed by atoms with E-state index >= 15 is 0 Å². The number of hydrogen-bond acceptors (Lipinski definition) is 5. The predicted molar refractivity (Wildman–Crippen MR) is 79.9 cm³/mol. The molecule has 0 fully saturated rings. The Morgan fingerprint density at radius 3 is 2.32 bits per heavy atom. The number of rotatable bonds is 3.